The number of benzene rings is 2. The molecule has 0 fully saturated rings. The van der Waals surface area contributed by atoms with E-state index in [4.69, 9.17) is 4.98 Å². The molecule has 4 aromatic rings. The van der Waals surface area contributed by atoms with Crippen molar-refractivity contribution in [1.82, 2.24) is 14.4 Å². The molecule has 1 aliphatic rings. The number of anilines is 3. The minimum absolute atomic E-state index is 0.222. The number of aryl methyl sites for hydroxylation is 1. The van der Waals surface area contributed by atoms with Gasteiger partial charge in [0.15, 0.2) is 5.65 Å². The molecule has 0 saturated carbocycles. The molecule has 0 radical (unpaired) electrons. The fourth-order valence-corrected chi connectivity index (χ4v) is 4.13. The Balaban J connectivity index is 1.58. The van der Waals surface area contributed by atoms with E-state index in [-0.39, 0.29) is 6.04 Å². The molecule has 7 heteroatoms. The van der Waals surface area contributed by atoms with E-state index in [1.54, 1.807) is 12.4 Å². The third kappa shape index (κ3) is 3.18. The van der Waals surface area contributed by atoms with Crippen LogP contribution in [-0.2, 0) is 6.42 Å². The van der Waals surface area contributed by atoms with Crippen LogP contribution in [0.5, 0.6) is 0 Å². The number of fused-ring (bicyclic) bond motifs is 2. The zero-order chi connectivity index (χ0) is 20.5. The maximum absolute atomic E-state index is 11.0. The van der Waals surface area contributed by atoms with Gasteiger partial charge in [0.25, 0.3) is 0 Å². The Morgan fingerprint density at radius 3 is 3.00 bits per heavy atom. The Labute approximate surface area is 174 Å². The van der Waals surface area contributed by atoms with Crippen LogP contribution >= 0.6 is 0 Å². The summed E-state index contributed by atoms with van der Waals surface area (Å²) in [6.07, 6.45) is 7.07. The van der Waals surface area contributed by atoms with Crippen molar-refractivity contribution in [3.05, 3.63) is 77.1 Å². The van der Waals surface area contributed by atoms with Crippen LogP contribution < -0.4 is 10.6 Å². The molecule has 1 aliphatic carbocycles. The summed E-state index contributed by atoms with van der Waals surface area (Å²) in [4.78, 5) is 20.1. The molecule has 5 rings (SSSR count). The predicted octanol–water partition coefficient (Wildman–Crippen LogP) is 5.33. The lowest BCUT2D eigenvalue weighted by Gasteiger charge is -2.12. The van der Waals surface area contributed by atoms with Crippen LogP contribution in [-0.4, -0.2) is 20.9 Å². The second kappa shape index (κ2) is 7.59. The molecule has 0 aliphatic heterocycles. The molecular weight excluding hydrogens is 376 g/mol. The molecule has 7 nitrogen and oxygen atoms in total. The standard InChI is InChI=1S/C23H22N6O/c1-2-25-17-5-3-4-16(13-17)22-23(29-11-10-24-14-21(29)27-22)26-18-7-8-19-15(12-18)6-9-20(19)28-30/h3-5,7-8,10-14,20,25-26H,2,6,9H2,1H3. The Morgan fingerprint density at radius 2 is 2.13 bits per heavy atom. The second-order valence-corrected chi connectivity index (χ2v) is 7.42. The van der Waals surface area contributed by atoms with E-state index in [2.05, 4.69) is 52.0 Å². The average Bonchev–Trinajstić information content (AvgIpc) is 3.35. The summed E-state index contributed by atoms with van der Waals surface area (Å²) < 4.78 is 2.01. The van der Waals surface area contributed by atoms with Crippen molar-refractivity contribution >= 4 is 22.8 Å². The highest BCUT2D eigenvalue weighted by atomic mass is 16.3. The summed E-state index contributed by atoms with van der Waals surface area (Å²) in [6.45, 7) is 2.93. The van der Waals surface area contributed by atoms with Gasteiger partial charge >= 0.3 is 0 Å². The maximum atomic E-state index is 11.0. The molecule has 30 heavy (non-hydrogen) atoms. The number of nitrogens with one attached hydrogen (secondary N) is 2. The maximum Gasteiger partial charge on any atom is 0.157 e. The third-order valence-electron chi connectivity index (χ3n) is 5.53. The van der Waals surface area contributed by atoms with E-state index in [0.29, 0.717) is 0 Å². The molecule has 1 unspecified atom stereocenters. The number of aromatic nitrogens is 3. The zero-order valence-corrected chi connectivity index (χ0v) is 16.7. The highest BCUT2D eigenvalue weighted by molar-refractivity contribution is 5.81. The van der Waals surface area contributed by atoms with Gasteiger partial charge in [-0.1, -0.05) is 23.4 Å². The molecule has 0 bridgehead atoms. The largest absolute Gasteiger partial charge is 0.385 e. The zero-order valence-electron chi connectivity index (χ0n) is 16.7. The smallest absolute Gasteiger partial charge is 0.157 e. The summed E-state index contributed by atoms with van der Waals surface area (Å²) in [5.41, 5.74) is 6.88. The van der Waals surface area contributed by atoms with Crippen LogP contribution in [0.25, 0.3) is 16.9 Å². The van der Waals surface area contributed by atoms with Crippen LogP contribution in [0.2, 0.25) is 0 Å². The number of nitrogens with zero attached hydrogens (tertiary/aromatic N) is 4. The van der Waals surface area contributed by atoms with E-state index >= 15 is 0 Å². The Kier molecular flexibility index (Phi) is 4.63. The van der Waals surface area contributed by atoms with Crippen molar-refractivity contribution in [2.75, 3.05) is 17.2 Å². The molecule has 2 heterocycles. The summed E-state index contributed by atoms with van der Waals surface area (Å²) in [6, 6.07) is 14.1. The first-order chi connectivity index (χ1) is 14.8. The van der Waals surface area contributed by atoms with Crippen molar-refractivity contribution < 1.29 is 0 Å². The van der Waals surface area contributed by atoms with Gasteiger partial charge in [0.1, 0.15) is 17.6 Å². The second-order valence-electron chi connectivity index (χ2n) is 7.42. The molecule has 1 atom stereocenters. The molecule has 2 aromatic heterocycles. The van der Waals surface area contributed by atoms with Gasteiger partial charge in [0, 0.05) is 35.9 Å². The Bertz CT molecular complexity index is 1230. The number of hydrogen-bond donors (Lipinski definition) is 2. The topological polar surface area (TPSA) is 83.7 Å². The molecule has 0 spiro atoms. The van der Waals surface area contributed by atoms with Gasteiger partial charge in [0.2, 0.25) is 0 Å². The molecular formula is C23H22N6O. The van der Waals surface area contributed by atoms with Gasteiger partial charge in [-0.15, -0.1) is 0 Å². The minimum Gasteiger partial charge on any atom is -0.385 e. The summed E-state index contributed by atoms with van der Waals surface area (Å²) in [5, 5.41) is 10.2. The third-order valence-corrected chi connectivity index (χ3v) is 5.53. The first-order valence-corrected chi connectivity index (χ1v) is 10.2. The minimum atomic E-state index is -0.222. The molecule has 0 saturated heterocycles. The molecule has 2 aromatic carbocycles. The van der Waals surface area contributed by atoms with Crippen LogP contribution in [0.3, 0.4) is 0 Å². The van der Waals surface area contributed by atoms with E-state index in [1.165, 1.54) is 5.56 Å². The Hall–Kier alpha value is -3.74. The first kappa shape index (κ1) is 18.3. The lowest BCUT2D eigenvalue weighted by Crippen LogP contribution is -1.99. The van der Waals surface area contributed by atoms with Crippen molar-refractivity contribution in [2.24, 2.45) is 5.18 Å². The fourth-order valence-electron chi connectivity index (χ4n) is 4.13. The van der Waals surface area contributed by atoms with Crippen molar-refractivity contribution in [1.29, 1.82) is 0 Å². The van der Waals surface area contributed by atoms with Gasteiger partial charge in [-0.05, 0) is 55.2 Å². The van der Waals surface area contributed by atoms with E-state index in [0.717, 1.165) is 59.0 Å². The fraction of sp³-hybridized carbons (Fsp3) is 0.217. The molecule has 2 N–H and O–H groups in total. The summed E-state index contributed by atoms with van der Waals surface area (Å²) in [5.74, 6) is 0.879. The normalized spacial score (nSPS) is 15.2. The summed E-state index contributed by atoms with van der Waals surface area (Å²) >= 11 is 0. The number of rotatable bonds is 6. The van der Waals surface area contributed by atoms with Crippen LogP contribution in [0.1, 0.15) is 30.5 Å². The Morgan fingerprint density at radius 1 is 1.20 bits per heavy atom. The highest BCUT2D eigenvalue weighted by Gasteiger charge is 2.23. The predicted molar refractivity (Wildman–Crippen MR) is 119 cm³/mol. The monoisotopic (exact) mass is 398 g/mol. The van der Waals surface area contributed by atoms with E-state index in [9.17, 15) is 4.91 Å². The number of imidazole rings is 1. The van der Waals surface area contributed by atoms with Crippen LogP contribution in [0.4, 0.5) is 17.2 Å². The van der Waals surface area contributed by atoms with Crippen molar-refractivity contribution in [3.8, 4) is 11.3 Å². The molecule has 150 valence electrons. The van der Waals surface area contributed by atoms with Crippen molar-refractivity contribution in [3.63, 3.8) is 0 Å². The van der Waals surface area contributed by atoms with Gasteiger partial charge in [0.05, 0.1) is 6.20 Å². The SMILES string of the molecule is CCNc1cccc(-c2nc3cnccn3c2Nc2ccc3c(c2)CCC3N=O)c1. The first-order valence-electron chi connectivity index (χ1n) is 10.2. The van der Waals surface area contributed by atoms with Gasteiger partial charge in [-0.25, -0.2) is 4.98 Å². The van der Waals surface area contributed by atoms with E-state index in [1.807, 2.05) is 28.8 Å². The van der Waals surface area contributed by atoms with Crippen molar-refractivity contribution in [2.45, 2.75) is 25.8 Å². The highest BCUT2D eigenvalue weighted by Crippen LogP contribution is 2.37. The average molecular weight is 398 g/mol. The van der Waals surface area contributed by atoms with Crippen LogP contribution in [0.15, 0.2) is 66.2 Å². The number of nitroso groups, excluding NO2 is 1. The van der Waals surface area contributed by atoms with Gasteiger partial charge in [-0.3, -0.25) is 9.38 Å². The van der Waals surface area contributed by atoms with Gasteiger partial charge < -0.3 is 10.6 Å². The summed E-state index contributed by atoms with van der Waals surface area (Å²) in [7, 11) is 0. The molecule has 0 amide bonds. The lowest BCUT2D eigenvalue weighted by molar-refractivity contribution is 0.710. The van der Waals surface area contributed by atoms with E-state index < -0.39 is 0 Å². The number of hydrogen-bond acceptors (Lipinski definition) is 6. The van der Waals surface area contributed by atoms with Gasteiger partial charge in [-0.2, -0.15) is 4.91 Å². The quantitative estimate of drug-likeness (QED) is 0.429. The lowest BCUT2D eigenvalue weighted by atomic mass is 10.1. The van der Waals surface area contributed by atoms with Crippen LogP contribution in [0, 0.1) is 4.91 Å².